The van der Waals surface area contributed by atoms with Gasteiger partial charge >= 0.3 is 12.0 Å². The molecule has 1 aromatic rings. The van der Waals surface area contributed by atoms with Gasteiger partial charge in [0.2, 0.25) is 0 Å². The lowest BCUT2D eigenvalue weighted by molar-refractivity contribution is -0.140. The van der Waals surface area contributed by atoms with Crippen molar-refractivity contribution in [3.05, 3.63) is 28.8 Å². The maximum absolute atomic E-state index is 12.2. The number of carboxylic acid groups (broad SMARTS) is 1. The number of likely N-dealkylation sites (N-methyl/N-ethyl adjacent to an activating group) is 1. The number of amides is 2. The Kier molecular flexibility index (Phi) is 3.22. The second-order valence-electron chi connectivity index (χ2n) is 5.11. The number of benzene rings is 1. The normalized spacial score (nSPS) is 19.2. The SMILES string of the molecule is Cc1cc(C)c(N2CC(C(=O)O)N(C)C2=O)c(C)c1. The molecule has 1 unspecified atom stereocenters. The van der Waals surface area contributed by atoms with E-state index in [1.807, 2.05) is 32.9 Å². The van der Waals surface area contributed by atoms with E-state index in [0.717, 1.165) is 22.4 Å². The minimum absolute atomic E-state index is 0.190. The highest BCUT2D eigenvalue weighted by Crippen LogP contribution is 2.30. The summed E-state index contributed by atoms with van der Waals surface area (Å²) in [4.78, 5) is 26.2. The Bertz CT molecular complexity index is 531. The highest BCUT2D eigenvalue weighted by atomic mass is 16.4. The van der Waals surface area contributed by atoms with Gasteiger partial charge in [-0.05, 0) is 31.9 Å². The van der Waals surface area contributed by atoms with Gasteiger partial charge in [-0.2, -0.15) is 0 Å². The zero-order valence-electron chi connectivity index (χ0n) is 11.6. The Morgan fingerprint density at radius 1 is 1.26 bits per heavy atom. The molecule has 1 N–H and O–H groups in total. The van der Waals surface area contributed by atoms with Crippen molar-refractivity contribution in [2.75, 3.05) is 18.5 Å². The summed E-state index contributed by atoms with van der Waals surface area (Å²) < 4.78 is 0. The first-order chi connectivity index (χ1) is 8.82. The van der Waals surface area contributed by atoms with Gasteiger partial charge in [-0.25, -0.2) is 9.59 Å². The number of hydrogen-bond acceptors (Lipinski definition) is 2. The van der Waals surface area contributed by atoms with Crippen molar-refractivity contribution in [2.45, 2.75) is 26.8 Å². The van der Waals surface area contributed by atoms with Crippen molar-refractivity contribution >= 4 is 17.7 Å². The van der Waals surface area contributed by atoms with Crippen molar-refractivity contribution in [3.8, 4) is 0 Å². The molecular formula is C14H18N2O3. The maximum Gasteiger partial charge on any atom is 0.328 e. The van der Waals surface area contributed by atoms with Crippen molar-refractivity contribution in [2.24, 2.45) is 0 Å². The second kappa shape index (κ2) is 4.57. The standard InChI is InChI=1S/C14H18N2O3/c1-8-5-9(2)12(10(3)6-8)16-7-11(13(17)18)15(4)14(16)19/h5-6,11H,7H2,1-4H3,(H,17,18). The molecule has 0 radical (unpaired) electrons. The molecule has 1 fully saturated rings. The van der Waals surface area contributed by atoms with Gasteiger partial charge in [-0.1, -0.05) is 17.7 Å². The number of aliphatic carboxylic acids is 1. The molecule has 102 valence electrons. The van der Waals surface area contributed by atoms with Crippen LogP contribution in [0.15, 0.2) is 12.1 Å². The smallest absolute Gasteiger partial charge is 0.328 e. The molecule has 1 aliphatic heterocycles. The van der Waals surface area contributed by atoms with E-state index in [9.17, 15) is 9.59 Å². The summed E-state index contributed by atoms with van der Waals surface area (Å²) in [6, 6.07) is 2.96. The van der Waals surface area contributed by atoms with Crippen molar-refractivity contribution < 1.29 is 14.7 Å². The molecule has 0 saturated carbocycles. The highest BCUT2D eigenvalue weighted by molar-refractivity contribution is 5.99. The van der Waals surface area contributed by atoms with E-state index in [-0.39, 0.29) is 12.6 Å². The first kappa shape index (κ1) is 13.4. The zero-order valence-corrected chi connectivity index (χ0v) is 11.6. The van der Waals surface area contributed by atoms with Crippen LogP contribution in [0.25, 0.3) is 0 Å². The molecule has 1 heterocycles. The molecule has 0 spiro atoms. The maximum atomic E-state index is 12.2. The average Bonchev–Trinajstić information content (AvgIpc) is 2.56. The molecule has 1 aliphatic rings. The van der Waals surface area contributed by atoms with Crippen LogP contribution in [0.2, 0.25) is 0 Å². The predicted molar refractivity (Wildman–Crippen MR) is 72.6 cm³/mol. The molecule has 1 atom stereocenters. The van der Waals surface area contributed by atoms with Crippen molar-refractivity contribution in [3.63, 3.8) is 0 Å². The lowest BCUT2D eigenvalue weighted by Gasteiger charge is -2.21. The van der Waals surface area contributed by atoms with E-state index in [1.54, 1.807) is 4.90 Å². The number of anilines is 1. The van der Waals surface area contributed by atoms with Crippen LogP contribution >= 0.6 is 0 Å². The summed E-state index contributed by atoms with van der Waals surface area (Å²) in [5, 5.41) is 9.13. The van der Waals surface area contributed by atoms with Gasteiger partial charge in [0.15, 0.2) is 0 Å². The molecule has 0 bridgehead atoms. The van der Waals surface area contributed by atoms with Gasteiger partial charge < -0.3 is 10.0 Å². The lowest BCUT2D eigenvalue weighted by Crippen LogP contribution is -2.36. The summed E-state index contributed by atoms with van der Waals surface area (Å²) in [5.41, 5.74) is 3.94. The summed E-state index contributed by atoms with van der Waals surface area (Å²) in [5.74, 6) is -0.972. The fourth-order valence-electron chi connectivity index (χ4n) is 2.73. The van der Waals surface area contributed by atoms with Crippen LogP contribution in [0.4, 0.5) is 10.5 Å². The number of nitrogens with zero attached hydrogens (tertiary/aromatic N) is 2. The zero-order chi connectivity index (χ0) is 14.3. The molecule has 0 aromatic heterocycles. The topological polar surface area (TPSA) is 60.9 Å². The van der Waals surface area contributed by atoms with Gasteiger partial charge in [0.1, 0.15) is 6.04 Å². The van der Waals surface area contributed by atoms with Crippen molar-refractivity contribution in [1.82, 2.24) is 4.90 Å². The van der Waals surface area contributed by atoms with E-state index in [4.69, 9.17) is 5.11 Å². The van der Waals surface area contributed by atoms with Crippen LogP contribution < -0.4 is 4.90 Å². The third-order valence-corrected chi connectivity index (χ3v) is 3.55. The van der Waals surface area contributed by atoms with E-state index in [2.05, 4.69) is 0 Å². The number of urea groups is 1. The molecular weight excluding hydrogens is 244 g/mol. The number of hydrogen-bond donors (Lipinski definition) is 1. The van der Waals surface area contributed by atoms with Gasteiger partial charge in [-0.15, -0.1) is 0 Å². The summed E-state index contributed by atoms with van der Waals surface area (Å²) in [7, 11) is 1.53. The quantitative estimate of drug-likeness (QED) is 0.886. The van der Waals surface area contributed by atoms with E-state index in [0.29, 0.717) is 0 Å². The highest BCUT2D eigenvalue weighted by Gasteiger charge is 2.40. The average molecular weight is 262 g/mol. The predicted octanol–water partition coefficient (Wildman–Crippen LogP) is 1.94. The number of rotatable bonds is 2. The molecule has 1 saturated heterocycles. The number of carbonyl (C=O) groups is 2. The summed E-state index contributed by atoms with van der Waals surface area (Å²) >= 11 is 0. The molecule has 2 amide bonds. The van der Waals surface area contributed by atoms with Gasteiger partial charge in [-0.3, -0.25) is 4.90 Å². The van der Waals surface area contributed by atoms with E-state index >= 15 is 0 Å². The van der Waals surface area contributed by atoms with E-state index < -0.39 is 12.0 Å². The monoisotopic (exact) mass is 262 g/mol. The minimum Gasteiger partial charge on any atom is -0.480 e. The van der Waals surface area contributed by atoms with Gasteiger partial charge in [0.05, 0.1) is 12.2 Å². The molecule has 2 rings (SSSR count). The second-order valence-corrected chi connectivity index (χ2v) is 5.11. The van der Waals surface area contributed by atoms with Gasteiger partial charge in [0, 0.05) is 7.05 Å². The fraction of sp³-hybridized carbons (Fsp3) is 0.429. The van der Waals surface area contributed by atoms with Crippen LogP contribution in [0.3, 0.4) is 0 Å². The largest absolute Gasteiger partial charge is 0.480 e. The molecule has 0 aliphatic carbocycles. The minimum atomic E-state index is -0.972. The summed E-state index contributed by atoms with van der Waals surface area (Å²) in [6.07, 6.45) is 0. The first-order valence-corrected chi connectivity index (χ1v) is 6.18. The third-order valence-electron chi connectivity index (χ3n) is 3.55. The van der Waals surface area contributed by atoms with Crippen molar-refractivity contribution in [1.29, 1.82) is 0 Å². The Morgan fingerprint density at radius 2 is 1.79 bits per heavy atom. The molecule has 1 aromatic carbocycles. The van der Waals surface area contributed by atoms with E-state index in [1.165, 1.54) is 11.9 Å². The fourth-order valence-corrected chi connectivity index (χ4v) is 2.73. The first-order valence-electron chi connectivity index (χ1n) is 6.18. The van der Waals surface area contributed by atoms with Gasteiger partial charge in [0.25, 0.3) is 0 Å². The Labute approximate surface area is 112 Å². The molecule has 5 nitrogen and oxygen atoms in total. The van der Waals surface area contributed by atoms with Crippen LogP contribution in [-0.4, -0.2) is 41.6 Å². The number of carboxylic acids is 1. The third kappa shape index (κ3) is 2.16. The van der Waals surface area contributed by atoms with Crippen LogP contribution in [0.5, 0.6) is 0 Å². The summed E-state index contributed by atoms with van der Waals surface area (Å²) in [6.45, 7) is 6.07. The Morgan fingerprint density at radius 3 is 2.21 bits per heavy atom. The molecule has 19 heavy (non-hydrogen) atoms. The molecule has 5 heteroatoms. The number of carbonyl (C=O) groups excluding carboxylic acids is 1. The Balaban J connectivity index is 2.44. The lowest BCUT2D eigenvalue weighted by atomic mass is 10.0. The Hall–Kier alpha value is -2.04. The van der Waals surface area contributed by atoms with Crippen LogP contribution in [-0.2, 0) is 4.79 Å². The number of aryl methyl sites for hydroxylation is 3. The van der Waals surface area contributed by atoms with Crippen LogP contribution in [0, 0.1) is 20.8 Å². The van der Waals surface area contributed by atoms with Crippen LogP contribution in [0.1, 0.15) is 16.7 Å².